The summed E-state index contributed by atoms with van der Waals surface area (Å²) in [6, 6.07) is 8.37. The van der Waals surface area contributed by atoms with E-state index in [1.165, 1.54) is 0 Å². The summed E-state index contributed by atoms with van der Waals surface area (Å²) >= 11 is 8.42. The van der Waals surface area contributed by atoms with Crippen molar-refractivity contribution in [1.82, 2.24) is 29.7 Å². The van der Waals surface area contributed by atoms with Gasteiger partial charge in [0.05, 0.1) is 27.6 Å². The van der Waals surface area contributed by atoms with Crippen molar-refractivity contribution in [3.05, 3.63) is 51.6 Å². The normalized spacial score (nSPS) is 16.8. The van der Waals surface area contributed by atoms with Crippen LogP contribution in [-0.4, -0.2) is 93.8 Å². The molecule has 222 valence electrons. The number of nitrogens with zero attached hydrogens (tertiary/aromatic N) is 7. The van der Waals surface area contributed by atoms with Crippen LogP contribution in [0.3, 0.4) is 0 Å². The third kappa shape index (κ3) is 6.33. The molecule has 0 saturated carbocycles. The second-order valence-corrected chi connectivity index (χ2v) is 13.3. The molecule has 0 aliphatic carbocycles. The van der Waals surface area contributed by atoms with E-state index in [1.54, 1.807) is 22.4 Å². The summed E-state index contributed by atoms with van der Waals surface area (Å²) in [6.07, 6.45) is 1.46. The van der Waals surface area contributed by atoms with E-state index in [9.17, 15) is 4.79 Å². The molecule has 2 saturated heterocycles. The molecule has 0 atom stereocenters. The van der Waals surface area contributed by atoms with Crippen LogP contribution in [0.1, 0.15) is 31.5 Å². The molecule has 6 rings (SSSR count). The summed E-state index contributed by atoms with van der Waals surface area (Å²) in [5.74, 6) is 0.764. The SMILES string of the molecule is Cc1nc(CN2CCN(c3c(Cl)cnc4nc(-c5ccc(N6CCN(C(=O)OC(C)(C)C)CC6)cc5)[nH]c34)CC2)cs1. The number of rotatable bonds is 5. The van der Waals surface area contributed by atoms with Gasteiger partial charge in [0, 0.05) is 75.5 Å². The number of imidazole rings is 1. The van der Waals surface area contributed by atoms with Crippen LogP contribution in [0.4, 0.5) is 16.2 Å². The summed E-state index contributed by atoms with van der Waals surface area (Å²) in [4.78, 5) is 38.7. The molecular formula is C30H37ClN8O2S. The van der Waals surface area contributed by atoms with Crippen molar-refractivity contribution in [1.29, 1.82) is 0 Å². The van der Waals surface area contributed by atoms with Gasteiger partial charge in [-0.3, -0.25) is 4.90 Å². The van der Waals surface area contributed by atoms with Crippen LogP contribution in [0.5, 0.6) is 0 Å². The number of hydrogen-bond acceptors (Lipinski definition) is 9. The Morgan fingerprint density at radius 3 is 2.33 bits per heavy atom. The fourth-order valence-corrected chi connectivity index (χ4v) is 6.38. The molecule has 5 heterocycles. The number of aromatic amines is 1. The zero-order valence-electron chi connectivity index (χ0n) is 24.6. The number of fused-ring (bicyclic) bond motifs is 1. The number of piperazine rings is 2. The monoisotopic (exact) mass is 608 g/mol. The lowest BCUT2D eigenvalue weighted by Gasteiger charge is -2.36. The number of nitrogens with one attached hydrogen (secondary N) is 1. The van der Waals surface area contributed by atoms with Crippen LogP contribution < -0.4 is 9.80 Å². The number of anilines is 2. The molecule has 4 aromatic rings. The average Bonchev–Trinajstić information content (AvgIpc) is 3.59. The molecule has 1 N–H and O–H groups in total. The molecule has 0 bridgehead atoms. The summed E-state index contributed by atoms with van der Waals surface area (Å²) in [7, 11) is 0. The number of amides is 1. The molecule has 3 aromatic heterocycles. The molecule has 2 aliphatic rings. The second kappa shape index (κ2) is 11.7. The highest BCUT2D eigenvalue weighted by Gasteiger charge is 2.27. The minimum atomic E-state index is -0.487. The number of pyridine rings is 1. The molecule has 1 aromatic carbocycles. The van der Waals surface area contributed by atoms with Crippen molar-refractivity contribution >= 4 is 51.6 Å². The molecule has 42 heavy (non-hydrogen) atoms. The average molecular weight is 609 g/mol. The number of aromatic nitrogens is 4. The van der Waals surface area contributed by atoms with Gasteiger partial charge in [0.1, 0.15) is 16.9 Å². The third-order valence-corrected chi connectivity index (χ3v) is 8.72. The van der Waals surface area contributed by atoms with Crippen LogP contribution in [0.15, 0.2) is 35.8 Å². The Balaban J connectivity index is 1.12. The van der Waals surface area contributed by atoms with E-state index in [1.807, 2.05) is 27.7 Å². The summed E-state index contributed by atoms with van der Waals surface area (Å²) in [5.41, 5.74) is 5.24. The Morgan fingerprint density at radius 2 is 1.69 bits per heavy atom. The number of carbonyl (C=O) groups is 1. The predicted molar refractivity (Wildman–Crippen MR) is 169 cm³/mol. The van der Waals surface area contributed by atoms with Gasteiger partial charge < -0.3 is 24.4 Å². The lowest BCUT2D eigenvalue weighted by atomic mass is 10.1. The number of benzene rings is 1. The zero-order valence-corrected chi connectivity index (χ0v) is 26.1. The zero-order chi connectivity index (χ0) is 29.4. The van der Waals surface area contributed by atoms with E-state index in [0.717, 1.165) is 84.8 Å². The van der Waals surface area contributed by atoms with Gasteiger partial charge in [0.15, 0.2) is 5.65 Å². The summed E-state index contributed by atoms with van der Waals surface area (Å²) < 4.78 is 5.53. The second-order valence-electron chi connectivity index (χ2n) is 11.9. The standard InChI is InChI=1S/C30H37ClN8O2S/c1-20-33-22(19-42-20)18-36-9-11-38(12-10-36)26-24(31)17-32-28-25(26)34-27(35-28)21-5-7-23(8-6-21)37-13-15-39(16-14-37)29(40)41-30(2,3)4/h5-8,17,19H,9-16,18H2,1-4H3,(H,32,34,35). The number of thiazole rings is 1. The Morgan fingerprint density at radius 1 is 1.00 bits per heavy atom. The highest BCUT2D eigenvalue weighted by Crippen LogP contribution is 2.34. The highest BCUT2D eigenvalue weighted by molar-refractivity contribution is 7.09. The first-order valence-corrected chi connectivity index (χ1v) is 15.6. The lowest BCUT2D eigenvalue weighted by molar-refractivity contribution is 0.0240. The molecule has 0 spiro atoms. The summed E-state index contributed by atoms with van der Waals surface area (Å²) in [5, 5.41) is 3.88. The minimum absolute atomic E-state index is 0.247. The predicted octanol–water partition coefficient (Wildman–Crippen LogP) is 5.42. The van der Waals surface area contributed by atoms with Crippen LogP contribution in [0.2, 0.25) is 5.02 Å². The van der Waals surface area contributed by atoms with E-state index >= 15 is 0 Å². The molecule has 0 unspecified atom stereocenters. The first-order valence-electron chi connectivity index (χ1n) is 14.4. The first kappa shape index (κ1) is 28.7. The molecule has 12 heteroatoms. The van der Waals surface area contributed by atoms with Crippen molar-refractivity contribution < 1.29 is 9.53 Å². The van der Waals surface area contributed by atoms with Crippen molar-refractivity contribution in [2.75, 3.05) is 62.2 Å². The third-order valence-electron chi connectivity index (χ3n) is 7.63. The van der Waals surface area contributed by atoms with Gasteiger partial charge in [0.2, 0.25) is 0 Å². The quantitative estimate of drug-likeness (QED) is 0.321. The Labute approximate surface area is 255 Å². The van der Waals surface area contributed by atoms with Gasteiger partial charge in [-0.05, 0) is 52.0 Å². The van der Waals surface area contributed by atoms with Crippen molar-refractivity contribution in [2.45, 2.75) is 39.8 Å². The Hall–Kier alpha value is -3.41. The molecule has 2 aliphatic heterocycles. The van der Waals surface area contributed by atoms with Crippen LogP contribution in [-0.2, 0) is 11.3 Å². The lowest BCUT2D eigenvalue weighted by Crippen LogP contribution is -2.50. The molecule has 10 nitrogen and oxygen atoms in total. The maximum atomic E-state index is 12.4. The fraction of sp³-hybridized carbons (Fsp3) is 0.467. The van der Waals surface area contributed by atoms with E-state index in [2.05, 4.69) is 59.3 Å². The van der Waals surface area contributed by atoms with Gasteiger partial charge in [-0.25, -0.2) is 19.7 Å². The smallest absolute Gasteiger partial charge is 0.410 e. The van der Waals surface area contributed by atoms with E-state index in [4.69, 9.17) is 21.3 Å². The maximum Gasteiger partial charge on any atom is 0.410 e. The van der Waals surface area contributed by atoms with E-state index in [-0.39, 0.29) is 6.09 Å². The number of carbonyl (C=O) groups excluding carboxylic acids is 1. The molecule has 2 fully saturated rings. The highest BCUT2D eigenvalue weighted by atomic mass is 35.5. The van der Waals surface area contributed by atoms with Gasteiger partial charge in [-0.15, -0.1) is 11.3 Å². The largest absolute Gasteiger partial charge is 0.444 e. The number of hydrogen-bond donors (Lipinski definition) is 1. The van der Waals surface area contributed by atoms with Gasteiger partial charge in [0.25, 0.3) is 0 Å². The van der Waals surface area contributed by atoms with Crippen molar-refractivity contribution in [3.63, 3.8) is 0 Å². The molecule has 1 amide bonds. The number of H-pyrrole nitrogens is 1. The van der Waals surface area contributed by atoms with Gasteiger partial charge >= 0.3 is 6.09 Å². The number of aryl methyl sites for hydroxylation is 1. The van der Waals surface area contributed by atoms with Crippen LogP contribution >= 0.6 is 22.9 Å². The fourth-order valence-electron chi connectivity index (χ4n) is 5.51. The first-order chi connectivity index (χ1) is 20.1. The molecular weight excluding hydrogens is 572 g/mol. The van der Waals surface area contributed by atoms with Gasteiger partial charge in [-0.1, -0.05) is 11.6 Å². The van der Waals surface area contributed by atoms with Crippen LogP contribution in [0.25, 0.3) is 22.6 Å². The Kier molecular flexibility index (Phi) is 7.99. The minimum Gasteiger partial charge on any atom is -0.444 e. The van der Waals surface area contributed by atoms with E-state index < -0.39 is 5.60 Å². The number of halogens is 1. The topological polar surface area (TPSA) is 93.7 Å². The van der Waals surface area contributed by atoms with Crippen molar-refractivity contribution in [2.24, 2.45) is 0 Å². The summed E-state index contributed by atoms with van der Waals surface area (Å²) in [6.45, 7) is 15.0. The van der Waals surface area contributed by atoms with Crippen molar-refractivity contribution in [3.8, 4) is 11.4 Å². The Bertz CT molecular complexity index is 1550. The number of ether oxygens (including phenoxy) is 1. The van der Waals surface area contributed by atoms with Gasteiger partial charge in [-0.2, -0.15) is 0 Å². The van der Waals surface area contributed by atoms with E-state index in [0.29, 0.717) is 23.8 Å². The molecule has 0 radical (unpaired) electrons. The maximum absolute atomic E-state index is 12.4. The van der Waals surface area contributed by atoms with Crippen LogP contribution in [0, 0.1) is 6.92 Å².